The molecule has 0 heterocycles. The number of rotatable bonds is 13. The molecule has 0 bridgehead atoms. The van der Waals surface area contributed by atoms with Crippen LogP contribution in [0, 0.1) is 0 Å². The largest absolute Gasteiger partial charge is 0.494 e. The predicted octanol–water partition coefficient (Wildman–Crippen LogP) is 6.30. The first-order chi connectivity index (χ1) is 16.2. The summed E-state index contributed by atoms with van der Waals surface area (Å²) in [6.45, 7) is 11.7. The standard InChI is InChI=1S/C28H38O6/c1-7-9-19-31-25-15-11-23(12-16-25)27(5,33-21(3)29)28(6,34-22(4)30)24-13-17-26(18-14-24)32-20-10-8-2/h11-18H,7-10,19-20H2,1-6H3. The Hall–Kier alpha value is -3.02. The minimum absolute atomic E-state index is 0.483. The molecule has 0 radical (unpaired) electrons. The molecule has 2 aromatic carbocycles. The average molecular weight is 471 g/mol. The molecule has 0 fully saturated rings. The summed E-state index contributed by atoms with van der Waals surface area (Å²) in [5.74, 6) is 0.489. The van der Waals surface area contributed by atoms with Crippen LogP contribution >= 0.6 is 0 Å². The van der Waals surface area contributed by atoms with Gasteiger partial charge in [-0.05, 0) is 62.1 Å². The Labute approximate surface area is 203 Å². The van der Waals surface area contributed by atoms with Crippen molar-refractivity contribution in [2.75, 3.05) is 13.2 Å². The Morgan fingerprint density at radius 3 is 1.24 bits per heavy atom. The number of unbranched alkanes of at least 4 members (excludes halogenated alkanes) is 2. The molecular weight excluding hydrogens is 432 g/mol. The fourth-order valence-corrected chi connectivity index (χ4v) is 3.85. The highest BCUT2D eigenvalue weighted by atomic mass is 16.6. The van der Waals surface area contributed by atoms with E-state index in [-0.39, 0.29) is 0 Å². The monoisotopic (exact) mass is 470 g/mol. The minimum Gasteiger partial charge on any atom is -0.494 e. The summed E-state index contributed by atoms with van der Waals surface area (Å²) >= 11 is 0. The lowest BCUT2D eigenvalue weighted by Crippen LogP contribution is -2.50. The van der Waals surface area contributed by atoms with Gasteiger partial charge in [0.1, 0.15) is 11.5 Å². The van der Waals surface area contributed by atoms with Crippen LogP contribution in [-0.2, 0) is 30.3 Å². The van der Waals surface area contributed by atoms with Crippen molar-refractivity contribution in [1.82, 2.24) is 0 Å². The van der Waals surface area contributed by atoms with E-state index in [2.05, 4.69) is 13.8 Å². The molecule has 0 N–H and O–H groups in total. The first-order valence-corrected chi connectivity index (χ1v) is 12.0. The SMILES string of the molecule is CCCCOc1ccc(C(C)(OC(C)=O)C(C)(OC(C)=O)c2ccc(OCCCC)cc2)cc1. The molecule has 0 aromatic heterocycles. The van der Waals surface area contributed by atoms with E-state index < -0.39 is 23.1 Å². The van der Waals surface area contributed by atoms with Crippen LogP contribution in [0.5, 0.6) is 11.5 Å². The van der Waals surface area contributed by atoms with Crippen LogP contribution in [0.2, 0.25) is 0 Å². The minimum atomic E-state index is -1.31. The Kier molecular flexibility index (Phi) is 9.97. The van der Waals surface area contributed by atoms with Crippen LogP contribution in [0.25, 0.3) is 0 Å². The predicted molar refractivity (Wildman–Crippen MR) is 132 cm³/mol. The van der Waals surface area contributed by atoms with E-state index in [0.717, 1.165) is 37.2 Å². The Morgan fingerprint density at radius 1 is 0.647 bits per heavy atom. The van der Waals surface area contributed by atoms with Gasteiger partial charge in [0.05, 0.1) is 13.2 Å². The van der Waals surface area contributed by atoms with E-state index in [4.69, 9.17) is 18.9 Å². The normalized spacial score (nSPS) is 14.4. The Balaban J connectivity index is 2.48. The third kappa shape index (κ3) is 6.75. The number of esters is 2. The molecule has 0 aliphatic carbocycles. The summed E-state index contributed by atoms with van der Waals surface area (Å²) in [5.41, 5.74) is -1.26. The van der Waals surface area contributed by atoms with Gasteiger partial charge in [0.2, 0.25) is 0 Å². The number of ether oxygens (including phenoxy) is 4. The highest BCUT2D eigenvalue weighted by Crippen LogP contribution is 2.47. The molecular formula is C28H38O6. The van der Waals surface area contributed by atoms with Crippen LogP contribution in [0.3, 0.4) is 0 Å². The zero-order valence-electron chi connectivity index (χ0n) is 21.3. The maximum atomic E-state index is 12.2. The quantitative estimate of drug-likeness (QED) is 0.253. The summed E-state index contributed by atoms with van der Waals surface area (Å²) in [6, 6.07) is 14.7. The molecule has 2 atom stereocenters. The van der Waals surface area contributed by atoms with Crippen molar-refractivity contribution in [3.8, 4) is 11.5 Å². The van der Waals surface area contributed by atoms with Crippen molar-refractivity contribution in [3.63, 3.8) is 0 Å². The van der Waals surface area contributed by atoms with E-state index in [1.54, 1.807) is 13.8 Å². The van der Waals surface area contributed by atoms with E-state index >= 15 is 0 Å². The molecule has 0 spiro atoms. The van der Waals surface area contributed by atoms with Gasteiger partial charge in [-0.3, -0.25) is 9.59 Å². The molecule has 0 saturated heterocycles. The van der Waals surface area contributed by atoms with Crippen molar-refractivity contribution < 1.29 is 28.5 Å². The van der Waals surface area contributed by atoms with E-state index in [0.29, 0.717) is 24.3 Å². The van der Waals surface area contributed by atoms with Crippen molar-refractivity contribution in [1.29, 1.82) is 0 Å². The van der Waals surface area contributed by atoms with Crippen LogP contribution < -0.4 is 9.47 Å². The lowest BCUT2D eigenvalue weighted by Gasteiger charge is -2.45. The molecule has 2 aromatic rings. The third-order valence-electron chi connectivity index (χ3n) is 5.95. The first-order valence-electron chi connectivity index (χ1n) is 12.0. The Bertz CT molecular complexity index is 843. The van der Waals surface area contributed by atoms with Crippen molar-refractivity contribution in [2.24, 2.45) is 0 Å². The lowest BCUT2D eigenvalue weighted by molar-refractivity contribution is -0.211. The molecule has 0 aliphatic rings. The lowest BCUT2D eigenvalue weighted by atomic mass is 9.75. The second kappa shape index (κ2) is 12.4. The number of hydrogen-bond acceptors (Lipinski definition) is 6. The molecule has 186 valence electrons. The summed E-state index contributed by atoms with van der Waals surface area (Å²) in [7, 11) is 0. The Morgan fingerprint density at radius 2 is 0.971 bits per heavy atom. The molecule has 6 heteroatoms. The topological polar surface area (TPSA) is 71.1 Å². The molecule has 2 rings (SSSR count). The van der Waals surface area contributed by atoms with Crippen LogP contribution in [0.15, 0.2) is 48.5 Å². The number of benzene rings is 2. The maximum Gasteiger partial charge on any atom is 0.303 e. The van der Waals surface area contributed by atoms with E-state index in [1.165, 1.54) is 13.8 Å². The van der Waals surface area contributed by atoms with E-state index in [1.807, 2.05) is 48.5 Å². The third-order valence-corrected chi connectivity index (χ3v) is 5.95. The van der Waals surface area contributed by atoms with Gasteiger partial charge >= 0.3 is 11.9 Å². The molecule has 0 aliphatic heterocycles. The van der Waals surface area contributed by atoms with Gasteiger partial charge in [0.25, 0.3) is 0 Å². The van der Waals surface area contributed by atoms with Gasteiger partial charge in [0.15, 0.2) is 11.2 Å². The zero-order chi connectivity index (χ0) is 25.2. The van der Waals surface area contributed by atoms with Gasteiger partial charge in [-0.2, -0.15) is 0 Å². The summed E-state index contributed by atoms with van der Waals surface area (Å²) < 4.78 is 23.4. The van der Waals surface area contributed by atoms with Gasteiger partial charge in [-0.15, -0.1) is 0 Å². The van der Waals surface area contributed by atoms with Crippen molar-refractivity contribution in [2.45, 2.75) is 78.4 Å². The van der Waals surface area contributed by atoms with Crippen LogP contribution in [-0.4, -0.2) is 25.2 Å². The molecule has 2 unspecified atom stereocenters. The highest BCUT2D eigenvalue weighted by Gasteiger charge is 2.53. The summed E-state index contributed by atoms with van der Waals surface area (Å²) in [4.78, 5) is 24.5. The second-order valence-corrected chi connectivity index (χ2v) is 8.71. The fourth-order valence-electron chi connectivity index (χ4n) is 3.85. The molecule has 6 nitrogen and oxygen atoms in total. The number of hydrogen-bond donors (Lipinski definition) is 0. The smallest absolute Gasteiger partial charge is 0.303 e. The van der Waals surface area contributed by atoms with Gasteiger partial charge < -0.3 is 18.9 Å². The van der Waals surface area contributed by atoms with Crippen molar-refractivity contribution in [3.05, 3.63) is 59.7 Å². The molecule has 0 amide bonds. The average Bonchev–Trinajstić information content (AvgIpc) is 2.79. The number of carbonyl (C=O) groups excluding carboxylic acids is 2. The summed E-state index contributed by atoms with van der Waals surface area (Å²) in [6.07, 6.45) is 4.03. The zero-order valence-corrected chi connectivity index (χ0v) is 21.3. The van der Waals surface area contributed by atoms with E-state index in [9.17, 15) is 9.59 Å². The maximum absolute atomic E-state index is 12.2. The van der Waals surface area contributed by atoms with Gasteiger partial charge in [-0.1, -0.05) is 51.0 Å². The van der Waals surface area contributed by atoms with Gasteiger partial charge in [-0.25, -0.2) is 0 Å². The molecule has 0 saturated carbocycles. The second-order valence-electron chi connectivity index (χ2n) is 8.71. The number of carbonyl (C=O) groups is 2. The highest BCUT2D eigenvalue weighted by molar-refractivity contribution is 5.69. The first kappa shape index (κ1) is 27.2. The fraction of sp³-hybridized carbons (Fsp3) is 0.500. The van der Waals surface area contributed by atoms with Crippen LogP contribution in [0.1, 0.15) is 78.4 Å². The van der Waals surface area contributed by atoms with Crippen molar-refractivity contribution >= 4 is 11.9 Å². The summed E-state index contributed by atoms with van der Waals surface area (Å²) in [5, 5.41) is 0. The van der Waals surface area contributed by atoms with Crippen LogP contribution in [0.4, 0.5) is 0 Å². The molecule has 34 heavy (non-hydrogen) atoms. The van der Waals surface area contributed by atoms with Gasteiger partial charge in [0, 0.05) is 13.8 Å².